The molecule has 2 amide bonds. The Labute approximate surface area is 225 Å². The van der Waals surface area contributed by atoms with E-state index < -0.39 is 41.9 Å². The van der Waals surface area contributed by atoms with Gasteiger partial charge in [0.15, 0.2) is 0 Å². The minimum absolute atomic E-state index is 0.0268. The fraction of sp³-hybridized carbons (Fsp3) is 0.429. The lowest BCUT2D eigenvalue weighted by Crippen LogP contribution is -2.41. The molecule has 1 aliphatic rings. The smallest absolute Gasteiger partial charge is 0.508 e. The molecule has 212 valence electrons. The van der Waals surface area contributed by atoms with Gasteiger partial charge in [0.05, 0.1) is 11.9 Å². The van der Waals surface area contributed by atoms with Crippen LogP contribution in [-0.2, 0) is 22.5 Å². The van der Waals surface area contributed by atoms with Crippen molar-refractivity contribution in [1.82, 2.24) is 15.5 Å². The molecule has 1 saturated heterocycles. The van der Waals surface area contributed by atoms with Crippen LogP contribution in [0.2, 0.25) is 0 Å². The third kappa shape index (κ3) is 8.64. The van der Waals surface area contributed by atoms with E-state index in [1.54, 1.807) is 26.8 Å². The number of hydrogen-bond donors (Lipinski definition) is 3. The van der Waals surface area contributed by atoms with Gasteiger partial charge in [-0.1, -0.05) is 56.3 Å². The predicted molar refractivity (Wildman–Crippen MR) is 138 cm³/mol. The van der Waals surface area contributed by atoms with Crippen molar-refractivity contribution in [3.05, 3.63) is 77.2 Å². The highest BCUT2D eigenvalue weighted by Gasteiger charge is 2.43. The Bertz CT molecular complexity index is 1190. The quantitative estimate of drug-likeness (QED) is 0.381. The molecule has 2 atom stereocenters. The van der Waals surface area contributed by atoms with Crippen molar-refractivity contribution in [3.63, 3.8) is 0 Å². The van der Waals surface area contributed by atoms with E-state index in [0.29, 0.717) is 5.56 Å². The predicted octanol–water partition coefficient (Wildman–Crippen LogP) is 5.40. The van der Waals surface area contributed by atoms with Gasteiger partial charge in [0.1, 0.15) is 23.2 Å². The molecule has 0 bridgehead atoms. The van der Waals surface area contributed by atoms with Crippen LogP contribution in [-0.4, -0.2) is 46.2 Å². The van der Waals surface area contributed by atoms with Crippen LogP contribution in [0.15, 0.2) is 66.1 Å². The summed E-state index contributed by atoms with van der Waals surface area (Å²) >= 11 is 0. The summed E-state index contributed by atoms with van der Waals surface area (Å²) in [6.45, 7) is 8.82. The van der Waals surface area contributed by atoms with Crippen LogP contribution in [0.5, 0.6) is 5.75 Å². The van der Waals surface area contributed by atoms with Gasteiger partial charge in [-0.25, -0.2) is 4.79 Å². The van der Waals surface area contributed by atoms with Crippen molar-refractivity contribution in [2.45, 2.75) is 71.8 Å². The number of halogens is 3. The Kier molecular flexibility index (Phi) is 9.16. The Hall–Kier alpha value is -3.73. The molecule has 2 aromatic carbocycles. The molecule has 0 aliphatic carbocycles. The van der Waals surface area contributed by atoms with Crippen molar-refractivity contribution in [2.24, 2.45) is 5.92 Å². The molecule has 0 spiro atoms. The van der Waals surface area contributed by atoms with Gasteiger partial charge < -0.3 is 19.5 Å². The highest BCUT2D eigenvalue weighted by atomic mass is 19.4. The van der Waals surface area contributed by atoms with Crippen molar-refractivity contribution >= 4 is 12.0 Å². The largest absolute Gasteiger partial charge is 0.573 e. The lowest BCUT2D eigenvalue weighted by Gasteiger charge is -2.27. The van der Waals surface area contributed by atoms with Gasteiger partial charge in [-0.05, 0) is 49.9 Å². The number of allylic oxidation sites excluding steroid dienone is 1. The minimum Gasteiger partial charge on any atom is -0.508 e. The lowest BCUT2D eigenvalue weighted by atomic mass is 10.1. The van der Waals surface area contributed by atoms with Crippen LogP contribution in [0, 0.1) is 5.92 Å². The number of nitrogens with zero attached hydrogens (tertiary/aromatic N) is 1. The first-order valence-electron chi connectivity index (χ1n) is 12.5. The maximum atomic E-state index is 13.6. The first-order valence-corrected chi connectivity index (χ1v) is 12.5. The number of nitrogens with one attached hydrogen (secondary N) is 2. The van der Waals surface area contributed by atoms with Crippen molar-refractivity contribution in [3.8, 4) is 5.75 Å². The molecule has 1 unspecified atom stereocenters. The van der Waals surface area contributed by atoms with Crippen molar-refractivity contribution < 1.29 is 37.3 Å². The van der Waals surface area contributed by atoms with E-state index in [2.05, 4.69) is 15.4 Å². The molecule has 3 rings (SSSR count). The summed E-state index contributed by atoms with van der Waals surface area (Å²) in [5.41, 5.74) is 0.492. The summed E-state index contributed by atoms with van der Waals surface area (Å²) in [7, 11) is 0. The Balaban J connectivity index is 1.91. The molecule has 1 heterocycles. The molecule has 0 aromatic heterocycles. The number of ether oxygens (including phenoxy) is 2. The molecular weight excluding hydrogens is 515 g/mol. The van der Waals surface area contributed by atoms with Gasteiger partial charge in [0.2, 0.25) is 5.91 Å². The molecule has 3 N–H and O–H groups in total. The number of carbonyl (C=O) groups excluding carboxylic acids is 2. The van der Waals surface area contributed by atoms with E-state index in [4.69, 9.17) is 4.74 Å². The van der Waals surface area contributed by atoms with Crippen LogP contribution in [0.3, 0.4) is 0 Å². The maximum absolute atomic E-state index is 13.6. The van der Waals surface area contributed by atoms with Gasteiger partial charge >= 0.3 is 12.5 Å². The average Bonchev–Trinajstić information content (AvgIpc) is 3.13. The highest BCUT2D eigenvalue weighted by molar-refractivity contribution is 5.87. The van der Waals surface area contributed by atoms with E-state index in [1.807, 2.05) is 44.2 Å². The van der Waals surface area contributed by atoms with Gasteiger partial charge in [0, 0.05) is 13.0 Å². The highest BCUT2D eigenvalue weighted by Crippen LogP contribution is 2.28. The Morgan fingerprint density at radius 2 is 1.72 bits per heavy atom. The van der Waals surface area contributed by atoms with Crippen LogP contribution >= 0.6 is 0 Å². The van der Waals surface area contributed by atoms with E-state index in [9.17, 15) is 27.9 Å². The number of alkyl halides is 3. The average molecular weight is 550 g/mol. The molecule has 0 radical (unpaired) electrons. The summed E-state index contributed by atoms with van der Waals surface area (Å²) in [6.07, 6.45) is -6.07. The molecule has 1 aliphatic heterocycles. The third-order valence-electron chi connectivity index (χ3n) is 5.78. The first-order chi connectivity index (χ1) is 18.1. The van der Waals surface area contributed by atoms with Crippen LogP contribution in [0.25, 0.3) is 0 Å². The van der Waals surface area contributed by atoms with Gasteiger partial charge in [-0.15, -0.1) is 13.2 Å². The molecule has 8 nitrogen and oxygen atoms in total. The van der Waals surface area contributed by atoms with Crippen molar-refractivity contribution in [1.29, 1.82) is 0 Å². The molecule has 39 heavy (non-hydrogen) atoms. The standard InChI is InChI=1S/C28H34F3N3O5/c1-17(2)24-33-22(25(36)34(24)16-19-12-9-13-20(14-19)38-28(29,30)31)23(35)21(15-18-10-7-6-8-11-18)32-26(37)39-27(3,4)5/h6-14,17,22,24,33,35H,15-16H2,1-5H3,(H,32,37)/b23-21-/t22-,24?/m0/s1. The van der Waals surface area contributed by atoms with Gasteiger partial charge in [0.25, 0.3) is 0 Å². The number of carbonyl (C=O) groups is 2. The maximum Gasteiger partial charge on any atom is 0.573 e. The molecular formula is C28H34F3N3O5. The molecule has 0 saturated carbocycles. The zero-order chi connectivity index (χ0) is 29.0. The molecule has 11 heteroatoms. The second kappa shape index (κ2) is 12.0. The van der Waals surface area contributed by atoms with Crippen LogP contribution in [0.4, 0.5) is 18.0 Å². The van der Waals surface area contributed by atoms with E-state index in [0.717, 1.165) is 5.56 Å². The lowest BCUT2D eigenvalue weighted by molar-refractivity contribution is -0.274. The fourth-order valence-corrected chi connectivity index (χ4v) is 4.20. The Morgan fingerprint density at radius 3 is 2.31 bits per heavy atom. The van der Waals surface area contributed by atoms with E-state index >= 15 is 0 Å². The van der Waals surface area contributed by atoms with Gasteiger partial charge in [-0.3, -0.25) is 15.4 Å². The summed E-state index contributed by atoms with van der Waals surface area (Å²) in [4.78, 5) is 27.6. The molecule has 1 fully saturated rings. The molecule has 2 aromatic rings. The zero-order valence-corrected chi connectivity index (χ0v) is 22.5. The number of amides is 2. The summed E-state index contributed by atoms with van der Waals surface area (Å²) < 4.78 is 47.4. The van der Waals surface area contributed by atoms with Gasteiger partial charge in [-0.2, -0.15) is 0 Å². The summed E-state index contributed by atoms with van der Waals surface area (Å²) in [5, 5.41) is 17.0. The van der Waals surface area contributed by atoms with E-state index in [-0.39, 0.29) is 30.3 Å². The van der Waals surface area contributed by atoms with Crippen LogP contribution in [0.1, 0.15) is 45.7 Å². The van der Waals surface area contributed by atoms with E-state index in [1.165, 1.54) is 23.1 Å². The first kappa shape index (κ1) is 29.8. The minimum atomic E-state index is -4.85. The SMILES string of the molecule is CC(C)C1N[C@@H](/C(O)=C(\Cc2ccccc2)NC(=O)OC(C)(C)C)C(=O)N1Cc1cccc(OC(F)(F)F)c1. The summed E-state index contributed by atoms with van der Waals surface area (Å²) in [5.74, 6) is -1.38. The summed E-state index contributed by atoms with van der Waals surface area (Å²) in [6, 6.07) is 13.3. The third-order valence-corrected chi connectivity index (χ3v) is 5.78. The van der Waals surface area contributed by atoms with Crippen molar-refractivity contribution in [2.75, 3.05) is 0 Å². The number of aliphatic hydroxyl groups is 1. The van der Waals surface area contributed by atoms with Crippen LogP contribution < -0.4 is 15.4 Å². The Morgan fingerprint density at radius 1 is 1.08 bits per heavy atom. The fourth-order valence-electron chi connectivity index (χ4n) is 4.20. The number of rotatable bonds is 8. The number of benzene rings is 2. The second-order valence-corrected chi connectivity index (χ2v) is 10.6. The normalized spacial score (nSPS) is 18.7. The number of hydrogen-bond acceptors (Lipinski definition) is 6. The topological polar surface area (TPSA) is 100 Å². The second-order valence-electron chi connectivity index (χ2n) is 10.6. The number of aliphatic hydroxyl groups excluding tert-OH is 1. The number of alkyl carbamates (subject to hydrolysis) is 1. The monoisotopic (exact) mass is 549 g/mol. The zero-order valence-electron chi connectivity index (χ0n) is 22.5.